The minimum atomic E-state index is -3.62. The van der Waals surface area contributed by atoms with Crippen LogP contribution in [0.15, 0.2) is 23.1 Å². The molecule has 104 valence electrons. The van der Waals surface area contributed by atoms with E-state index in [2.05, 4.69) is 4.72 Å². The van der Waals surface area contributed by atoms with E-state index in [4.69, 9.17) is 11.0 Å². The number of nitrogens with two attached hydrogens (primary N) is 1. The third-order valence-corrected chi connectivity index (χ3v) is 4.90. The molecule has 5 nitrogen and oxygen atoms in total. The smallest absolute Gasteiger partial charge is 0.242 e. The first-order valence-corrected chi connectivity index (χ1v) is 8.56. The molecule has 1 atom stereocenters. The molecular weight excluding hydrogens is 282 g/mol. The highest BCUT2D eigenvalue weighted by Gasteiger charge is 2.18. The van der Waals surface area contributed by atoms with Crippen molar-refractivity contribution in [3.05, 3.63) is 23.8 Å². The number of sulfonamides is 1. The largest absolute Gasteiger partial charge is 0.398 e. The van der Waals surface area contributed by atoms with Crippen molar-refractivity contribution in [1.82, 2.24) is 4.72 Å². The summed E-state index contributed by atoms with van der Waals surface area (Å²) in [6.07, 6.45) is 1.98. The Balaban J connectivity index is 2.86. The summed E-state index contributed by atoms with van der Waals surface area (Å²) in [5.41, 5.74) is 6.10. The van der Waals surface area contributed by atoms with Crippen molar-refractivity contribution in [2.24, 2.45) is 5.92 Å². The molecule has 0 aromatic heterocycles. The molecule has 0 aliphatic carbocycles. The third kappa shape index (κ3) is 4.42. The normalized spacial score (nSPS) is 12.9. The number of nitrogens with one attached hydrogen (secondary N) is 1. The Hall–Kier alpha value is -1.23. The third-order valence-electron chi connectivity index (χ3n) is 2.50. The molecule has 0 bridgehead atoms. The molecule has 1 rings (SSSR count). The number of hydrogen-bond acceptors (Lipinski definition) is 5. The first-order chi connectivity index (χ1) is 8.90. The molecule has 3 N–H and O–H groups in total. The van der Waals surface area contributed by atoms with Gasteiger partial charge in [-0.1, -0.05) is 6.92 Å². The number of nitrogen functional groups attached to an aromatic ring is 1. The standard InChI is InChI=1S/C12H17N3O2S2/c1-9(8-18-2)7-15-19(16,17)12-4-3-10(6-13)5-11(12)14/h3-5,9,15H,7-8,14H2,1-2H3. The van der Waals surface area contributed by atoms with E-state index in [1.807, 2.05) is 19.2 Å². The molecule has 0 amide bonds. The maximum atomic E-state index is 12.1. The maximum Gasteiger partial charge on any atom is 0.242 e. The van der Waals surface area contributed by atoms with Gasteiger partial charge in [0.1, 0.15) is 4.90 Å². The van der Waals surface area contributed by atoms with E-state index in [1.165, 1.54) is 18.2 Å². The quantitative estimate of drug-likeness (QED) is 0.774. The van der Waals surface area contributed by atoms with Crippen LogP contribution in [0.5, 0.6) is 0 Å². The van der Waals surface area contributed by atoms with Crippen molar-refractivity contribution in [3.8, 4) is 6.07 Å². The van der Waals surface area contributed by atoms with Crippen molar-refractivity contribution < 1.29 is 8.42 Å². The molecule has 1 unspecified atom stereocenters. The SMILES string of the molecule is CSCC(C)CNS(=O)(=O)c1ccc(C#N)cc1N. The minimum absolute atomic E-state index is 0.0165. The molecule has 0 aliphatic heterocycles. The summed E-state index contributed by atoms with van der Waals surface area (Å²) in [5.74, 6) is 1.12. The summed E-state index contributed by atoms with van der Waals surface area (Å²) in [4.78, 5) is 0.0165. The highest BCUT2D eigenvalue weighted by atomic mass is 32.2. The topological polar surface area (TPSA) is 96.0 Å². The van der Waals surface area contributed by atoms with E-state index in [0.717, 1.165) is 5.75 Å². The summed E-state index contributed by atoms with van der Waals surface area (Å²) in [6, 6.07) is 6.07. The Morgan fingerprint density at radius 3 is 2.74 bits per heavy atom. The number of thioether (sulfide) groups is 1. The summed E-state index contributed by atoms with van der Waals surface area (Å²) in [5, 5.41) is 8.72. The Morgan fingerprint density at radius 2 is 2.21 bits per heavy atom. The maximum absolute atomic E-state index is 12.1. The fourth-order valence-electron chi connectivity index (χ4n) is 1.54. The molecule has 0 radical (unpaired) electrons. The molecule has 0 saturated carbocycles. The van der Waals surface area contributed by atoms with Crippen LogP contribution in [0.2, 0.25) is 0 Å². The predicted octanol–water partition coefficient (Wildman–Crippen LogP) is 1.42. The van der Waals surface area contributed by atoms with Gasteiger partial charge < -0.3 is 5.73 Å². The lowest BCUT2D eigenvalue weighted by Crippen LogP contribution is -2.29. The van der Waals surface area contributed by atoms with Crippen LogP contribution in [0.4, 0.5) is 5.69 Å². The van der Waals surface area contributed by atoms with E-state index in [1.54, 1.807) is 11.8 Å². The van der Waals surface area contributed by atoms with Gasteiger partial charge in [-0.3, -0.25) is 0 Å². The van der Waals surface area contributed by atoms with Crippen LogP contribution >= 0.6 is 11.8 Å². The Morgan fingerprint density at radius 1 is 1.53 bits per heavy atom. The number of nitriles is 1. The van der Waals surface area contributed by atoms with Crippen molar-refractivity contribution in [2.75, 3.05) is 24.3 Å². The van der Waals surface area contributed by atoms with Gasteiger partial charge in [-0.05, 0) is 36.1 Å². The van der Waals surface area contributed by atoms with E-state index >= 15 is 0 Å². The number of hydrogen-bond donors (Lipinski definition) is 2. The van der Waals surface area contributed by atoms with Crippen LogP contribution in [-0.4, -0.2) is 27.0 Å². The average Bonchev–Trinajstić information content (AvgIpc) is 2.36. The van der Waals surface area contributed by atoms with Gasteiger partial charge in [-0.25, -0.2) is 13.1 Å². The van der Waals surface area contributed by atoms with Gasteiger partial charge in [0.05, 0.1) is 17.3 Å². The summed E-state index contributed by atoms with van der Waals surface area (Å²) in [6.45, 7) is 2.34. The van der Waals surface area contributed by atoms with Crippen LogP contribution < -0.4 is 10.5 Å². The average molecular weight is 299 g/mol. The van der Waals surface area contributed by atoms with Gasteiger partial charge >= 0.3 is 0 Å². The molecule has 7 heteroatoms. The lowest BCUT2D eigenvalue weighted by atomic mass is 10.2. The summed E-state index contributed by atoms with van der Waals surface area (Å²) >= 11 is 1.67. The number of benzene rings is 1. The van der Waals surface area contributed by atoms with Gasteiger partial charge in [-0.15, -0.1) is 0 Å². The van der Waals surface area contributed by atoms with Crippen molar-refractivity contribution >= 4 is 27.5 Å². The number of anilines is 1. The van der Waals surface area contributed by atoms with Gasteiger partial charge in [0.2, 0.25) is 10.0 Å². The zero-order chi connectivity index (χ0) is 14.5. The van der Waals surface area contributed by atoms with E-state index in [-0.39, 0.29) is 16.5 Å². The first-order valence-electron chi connectivity index (χ1n) is 5.69. The number of nitrogens with zero attached hydrogens (tertiary/aromatic N) is 1. The first kappa shape index (κ1) is 15.8. The van der Waals surface area contributed by atoms with Crippen LogP contribution in [0.1, 0.15) is 12.5 Å². The monoisotopic (exact) mass is 299 g/mol. The molecule has 1 aromatic carbocycles. The fraction of sp³-hybridized carbons (Fsp3) is 0.417. The molecule has 0 fully saturated rings. The molecule has 19 heavy (non-hydrogen) atoms. The molecule has 1 aromatic rings. The fourth-order valence-corrected chi connectivity index (χ4v) is 3.50. The van der Waals surface area contributed by atoms with Crippen LogP contribution in [0, 0.1) is 17.2 Å². The van der Waals surface area contributed by atoms with Gasteiger partial charge in [-0.2, -0.15) is 17.0 Å². The summed E-state index contributed by atoms with van der Waals surface area (Å²) in [7, 11) is -3.62. The second kappa shape index (κ2) is 6.80. The van der Waals surface area contributed by atoms with Crippen LogP contribution in [0.3, 0.4) is 0 Å². The molecule has 0 heterocycles. The van der Waals surface area contributed by atoms with E-state index in [0.29, 0.717) is 12.1 Å². The highest BCUT2D eigenvalue weighted by molar-refractivity contribution is 7.98. The van der Waals surface area contributed by atoms with Gasteiger partial charge in [0.15, 0.2) is 0 Å². The van der Waals surface area contributed by atoms with Gasteiger partial charge in [0.25, 0.3) is 0 Å². The zero-order valence-corrected chi connectivity index (χ0v) is 12.5. The second-order valence-corrected chi connectivity index (χ2v) is 6.92. The predicted molar refractivity (Wildman–Crippen MR) is 78.3 cm³/mol. The van der Waals surface area contributed by atoms with Crippen LogP contribution in [0.25, 0.3) is 0 Å². The lowest BCUT2D eigenvalue weighted by molar-refractivity contribution is 0.563. The second-order valence-electron chi connectivity index (χ2n) is 4.28. The molecular formula is C12H17N3O2S2. The Kier molecular flexibility index (Phi) is 5.66. The highest BCUT2D eigenvalue weighted by Crippen LogP contribution is 2.19. The van der Waals surface area contributed by atoms with Crippen LogP contribution in [-0.2, 0) is 10.0 Å². The zero-order valence-electron chi connectivity index (χ0n) is 10.9. The minimum Gasteiger partial charge on any atom is -0.398 e. The van der Waals surface area contributed by atoms with E-state index < -0.39 is 10.0 Å². The Labute approximate surface area is 118 Å². The lowest BCUT2D eigenvalue weighted by Gasteiger charge is -2.13. The number of rotatable bonds is 6. The van der Waals surface area contributed by atoms with Crippen molar-refractivity contribution in [2.45, 2.75) is 11.8 Å². The van der Waals surface area contributed by atoms with Gasteiger partial charge in [0, 0.05) is 6.54 Å². The molecule has 0 saturated heterocycles. The molecule has 0 spiro atoms. The Bertz CT molecular complexity index is 579. The van der Waals surface area contributed by atoms with Crippen molar-refractivity contribution in [1.29, 1.82) is 5.26 Å². The summed E-state index contributed by atoms with van der Waals surface area (Å²) < 4.78 is 26.7. The molecule has 0 aliphatic rings. The van der Waals surface area contributed by atoms with Crippen molar-refractivity contribution in [3.63, 3.8) is 0 Å². The van der Waals surface area contributed by atoms with E-state index in [9.17, 15) is 8.42 Å².